The molecular formula is C21H21FN4OS. The highest BCUT2D eigenvalue weighted by atomic mass is 32.1. The van der Waals surface area contributed by atoms with Crippen LogP contribution in [0.3, 0.4) is 0 Å². The molecule has 0 saturated heterocycles. The van der Waals surface area contributed by atoms with Gasteiger partial charge >= 0.3 is 0 Å². The summed E-state index contributed by atoms with van der Waals surface area (Å²) >= 11 is 1.48. The molecule has 1 aliphatic carbocycles. The van der Waals surface area contributed by atoms with Gasteiger partial charge in [0.2, 0.25) is 11.0 Å². The number of amides is 1. The number of hydrogen-bond acceptors (Lipinski definition) is 5. The fourth-order valence-corrected chi connectivity index (χ4v) is 3.79. The zero-order valence-corrected chi connectivity index (χ0v) is 16.1. The number of carbonyl (C=O) groups is 1. The molecule has 5 nitrogen and oxygen atoms in total. The molecule has 0 atom stereocenters. The van der Waals surface area contributed by atoms with Gasteiger partial charge in [-0.05, 0) is 48.2 Å². The molecule has 0 radical (unpaired) electrons. The molecule has 1 saturated carbocycles. The summed E-state index contributed by atoms with van der Waals surface area (Å²) < 4.78 is 13.0. The molecule has 3 aromatic rings. The van der Waals surface area contributed by atoms with E-state index in [1.165, 1.54) is 23.5 Å². The Balaban J connectivity index is 1.32. The van der Waals surface area contributed by atoms with Gasteiger partial charge < -0.3 is 10.6 Å². The Labute approximate surface area is 167 Å². The molecule has 1 fully saturated rings. The van der Waals surface area contributed by atoms with Crippen molar-refractivity contribution < 1.29 is 9.18 Å². The molecule has 1 aliphatic rings. The Kier molecular flexibility index (Phi) is 5.62. The highest BCUT2D eigenvalue weighted by Gasteiger charge is 2.25. The Hall–Kier alpha value is -2.80. The molecule has 7 heteroatoms. The number of hydrogen-bond donors (Lipinski definition) is 2. The first-order valence-corrected chi connectivity index (χ1v) is 10.2. The van der Waals surface area contributed by atoms with Crippen LogP contribution in [0.25, 0.3) is 0 Å². The van der Waals surface area contributed by atoms with Gasteiger partial charge in [-0.15, -0.1) is 10.2 Å². The maximum atomic E-state index is 13.0. The van der Waals surface area contributed by atoms with E-state index in [1.807, 2.05) is 24.3 Å². The van der Waals surface area contributed by atoms with Crippen molar-refractivity contribution in [2.24, 2.45) is 5.92 Å². The SMILES string of the molecule is O=C(Nc1cccc(CNc2nnc(Cc3ccc(F)cc3)s2)c1)C1CCC1. The number of nitrogens with zero attached hydrogens (tertiary/aromatic N) is 2. The summed E-state index contributed by atoms with van der Waals surface area (Å²) in [5.74, 6) is 0.0445. The van der Waals surface area contributed by atoms with E-state index in [4.69, 9.17) is 0 Å². The molecule has 0 spiro atoms. The number of aromatic nitrogens is 2. The van der Waals surface area contributed by atoms with Crippen LogP contribution in [-0.4, -0.2) is 16.1 Å². The van der Waals surface area contributed by atoms with Crippen molar-refractivity contribution in [1.29, 1.82) is 0 Å². The van der Waals surface area contributed by atoms with E-state index in [9.17, 15) is 9.18 Å². The Morgan fingerprint density at radius 1 is 1.11 bits per heavy atom. The summed E-state index contributed by atoms with van der Waals surface area (Å²) in [5, 5.41) is 16.2. The van der Waals surface area contributed by atoms with E-state index >= 15 is 0 Å². The van der Waals surface area contributed by atoms with Crippen molar-refractivity contribution in [2.45, 2.75) is 32.2 Å². The molecule has 2 N–H and O–H groups in total. The second-order valence-electron chi connectivity index (χ2n) is 6.98. The largest absolute Gasteiger partial charge is 0.356 e. The van der Waals surface area contributed by atoms with Crippen molar-refractivity contribution >= 4 is 28.1 Å². The zero-order chi connectivity index (χ0) is 19.3. The lowest BCUT2D eigenvalue weighted by molar-refractivity contribution is -0.122. The fourth-order valence-electron chi connectivity index (χ4n) is 3.02. The van der Waals surface area contributed by atoms with Crippen LogP contribution in [0.2, 0.25) is 0 Å². The molecule has 1 amide bonds. The lowest BCUT2D eigenvalue weighted by Gasteiger charge is -2.24. The van der Waals surface area contributed by atoms with Gasteiger partial charge in [0, 0.05) is 24.6 Å². The van der Waals surface area contributed by atoms with E-state index in [0.29, 0.717) is 13.0 Å². The van der Waals surface area contributed by atoms with Crippen molar-refractivity contribution in [2.75, 3.05) is 10.6 Å². The third-order valence-electron chi connectivity index (χ3n) is 4.85. The number of anilines is 2. The first kappa shape index (κ1) is 18.6. The van der Waals surface area contributed by atoms with Crippen LogP contribution in [0.4, 0.5) is 15.2 Å². The van der Waals surface area contributed by atoms with E-state index in [1.54, 1.807) is 12.1 Å². The zero-order valence-electron chi connectivity index (χ0n) is 15.3. The van der Waals surface area contributed by atoms with Gasteiger partial charge in [0.25, 0.3) is 0 Å². The molecule has 28 heavy (non-hydrogen) atoms. The van der Waals surface area contributed by atoms with Crippen LogP contribution < -0.4 is 10.6 Å². The number of halogens is 1. The second kappa shape index (κ2) is 8.48. The average Bonchev–Trinajstić information content (AvgIpc) is 3.08. The van der Waals surface area contributed by atoms with Crippen LogP contribution in [0, 0.1) is 11.7 Å². The van der Waals surface area contributed by atoms with Gasteiger partial charge in [0.15, 0.2) is 0 Å². The summed E-state index contributed by atoms with van der Waals surface area (Å²) in [6.07, 6.45) is 3.75. The number of benzene rings is 2. The maximum absolute atomic E-state index is 13.0. The predicted octanol–water partition coefficient (Wildman–Crippen LogP) is 4.62. The third kappa shape index (κ3) is 4.72. The van der Waals surface area contributed by atoms with E-state index in [2.05, 4.69) is 20.8 Å². The minimum Gasteiger partial charge on any atom is -0.356 e. The summed E-state index contributed by atoms with van der Waals surface area (Å²) in [6.45, 7) is 0.596. The van der Waals surface area contributed by atoms with Crippen molar-refractivity contribution in [3.63, 3.8) is 0 Å². The van der Waals surface area contributed by atoms with Gasteiger partial charge in [-0.1, -0.05) is 42.0 Å². The Morgan fingerprint density at radius 3 is 2.68 bits per heavy atom. The number of rotatable bonds is 7. The topological polar surface area (TPSA) is 66.9 Å². The van der Waals surface area contributed by atoms with E-state index in [-0.39, 0.29) is 17.6 Å². The highest BCUT2D eigenvalue weighted by molar-refractivity contribution is 7.15. The Morgan fingerprint density at radius 2 is 1.93 bits per heavy atom. The molecule has 2 aromatic carbocycles. The maximum Gasteiger partial charge on any atom is 0.227 e. The quantitative estimate of drug-likeness (QED) is 0.612. The van der Waals surface area contributed by atoms with Crippen LogP contribution in [0.1, 0.15) is 35.4 Å². The predicted molar refractivity (Wildman–Crippen MR) is 109 cm³/mol. The van der Waals surface area contributed by atoms with Gasteiger partial charge in [0.1, 0.15) is 10.8 Å². The molecule has 144 valence electrons. The fraction of sp³-hybridized carbons (Fsp3) is 0.286. The first-order chi connectivity index (χ1) is 13.7. The molecule has 1 aromatic heterocycles. The average molecular weight is 396 g/mol. The van der Waals surface area contributed by atoms with Crippen LogP contribution in [0.15, 0.2) is 48.5 Å². The summed E-state index contributed by atoms with van der Waals surface area (Å²) in [6, 6.07) is 14.2. The lowest BCUT2D eigenvalue weighted by atomic mass is 9.85. The monoisotopic (exact) mass is 396 g/mol. The third-order valence-corrected chi connectivity index (χ3v) is 5.73. The molecule has 0 unspecified atom stereocenters. The first-order valence-electron chi connectivity index (χ1n) is 9.36. The molecule has 4 rings (SSSR count). The Bertz CT molecular complexity index is 953. The van der Waals surface area contributed by atoms with E-state index < -0.39 is 0 Å². The number of carbonyl (C=O) groups excluding carboxylic acids is 1. The summed E-state index contributed by atoms with van der Waals surface area (Å²) in [5.41, 5.74) is 2.88. The minimum absolute atomic E-state index is 0.117. The lowest BCUT2D eigenvalue weighted by Crippen LogP contribution is -2.28. The smallest absolute Gasteiger partial charge is 0.227 e. The second-order valence-corrected chi connectivity index (χ2v) is 8.04. The highest BCUT2D eigenvalue weighted by Crippen LogP contribution is 2.27. The molecule has 1 heterocycles. The van der Waals surface area contributed by atoms with Gasteiger partial charge in [-0.3, -0.25) is 4.79 Å². The van der Waals surface area contributed by atoms with Gasteiger partial charge in [0.05, 0.1) is 0 Å². The molecule has 0 aliphatic heterocycles. The van der Waals surface area contributed by atoms with Crippen molar-refractivity contribution in [3.8, 4) is 0 Å². The van der Waals surface area contributed by atoms with Gasteiger partial charge in [-0.2, -0.15) is 0 Å². The van der Waals surface area contributed by atoms with E-state index in [0.717, 1.165) is 46.2 Å². The van der Waals surface area contributed by atoms with Crippen molar-refractivity contribution in [3.05, 3.63) is 70.5 Å². The normalized spacial score (nSPS) is 13.8. The number of nitrogens with one attached hydrogen (secondary N) is 2. The van der Waals surface area contributed by atoms with Crippen LogP contribution in [-0.2, 0) is 17.8 Å². The van der Waals surface area contributed by atoms with Gasteiger partial charge in [-0.25, -0.2) is 4.39 Å². The van der Waals surface area contributed by atoms with Crippen LogP contribution >= 0.6 is 11.3 Å². The molecule has 0 bridgehead atoms. The van der Waals surface area contributed by atoms with Crippen molar-refractivity contribution in [1.82, 2.24) is 10.2 Å². The summed E-state index contributed by atoms with van der Waals surface area (Å²) in [4.78, 5) is 12.1. The standard InChI is InChI=1S/C21H21FN4OS/c22-17-9-7-14(8-10-17)12-19-25-26-21(28-19)23-13-15-3-1-6-18(11-15)24-20(27)16-4-2-5-16/h1,3,6-11,16H,2,4-5,12-13H2,(H,23,26)(H,24,27). The minimum atomic E-state index is -0.241. The van der Waals surface area contributed by atoms with Crippen LogP contribution in [0.5, 0.6) is 0 Å². The molecular weight excluding hydrogens is 375 g/mol. The summed E-state index contributed by atoms with van der Waals surface area (Å²) in [7, 11) is 0.